The van der Waals surface area contributed by atoms with Crippen molar-refractivity contribution in [2.45, 2.75) is 36.9 Å². The van der Waals surface area contributed by atoms with E-state index < -0.39 is 6.36 Å². The van der Waals surface area contributed by atoms with Crippen LogP contribution in [0.4, 0.5) is 13.2 Å². The minimum Gasteiger partial charge on any atom is -0.406 e. The van der Waals surface area contributed by atoms with E-state index in [0.29, 0.717) is 0 Å². The van der Waals surface area contributed by atoms with E-state index in [4.69, 9.17) is 11.6 Å². The molecule has 2 rings (SSSR count). The summed E-state index contributed by atoms with van der Waals surface area (Å²) in [4.78, 5) is 0. The lowest BCUT2D eigenvalue weighted by Gasteiger charge is -2.13. The van der Waals surface area contributed by atoms with E-state index in [1.54, 1.807) is 6.07 Å². The number of hydrogen-bond acceptors (Lipinski definition) is 1. The van der Waals surface area contributed by atoms with Crippen molar-refractivity contribution in [3.63, 3.8) is 0 Å². The molecule has 2 unspecified atom stereocenters. The molecule has 0 aromatic heterocycles. The topological polar surface area (TPSA) is 9.23 Å². The van der Waals surface area contributed by atoms with Crippen LogP contribution in [0, 0.1) is 0 Å². The largest absolute Gasteiger partial charge is 0.573 e. The first kappa shape index (κ1) is 12.6. The lowest BCUT2D eigenvalue weighted by atomic mass is 9.98. The van der Waals surface area contributed by atoms with Crippen molar-refractivity contribution in [2.24, 2.45) is 0 Å². The van der Waals surface area contributed by atoms with Crippen LogP contribution in [0.1, 0.15) is 30.7 Å². The van der Waals surface area contributed by atoms with E-state index in [1.807, 2.05) is 6.07 Å². The zero-order chi connectivity index (χ0) is 12.5. The molecule has 1 aliphatic rings. The van der Waals surface area contributed by atoms with Crippen molar-refractivity contribution in [1.29, 1.82) is 0 Å². The van der Waals surface area contributed by atoms with Gasteiger partial charge in [0.2, 0.25) is 0 Å². The Morgan fingerprint density at radius 3 is 2.59 bits per heavy atom. The van der Waals surface area contributed by atoms with Gasteiger partial charge < -0.3 is 4.74 Å². The number of hydrogen-bond donors (Lipinski definition) is 0. The minimum absolute atomic E-state index is 0.132. The van der Waals surface area contributed by atoms with Crippen LogP contribution in [0.15, 0.2) is 24.3 Å². The third-order valence-electron chi connectivity index (χ3n) is 2.93. The summed E-state index contributed by atoms with van der Waals surface area (Å²) in [6, 6.07) is 6.16. The summed E-state index contributed by atoms with van der Waals surface area (Å²) in [7, 11) is 0. The zero-order valence-electron chi connectivity index (χ0n) is 9.01. The van der Waals surface area contributed by atoms with Crippen molar-refractivity contribution in [2.75, 3.05) is 0 Å². The van der Waals surface area contributed by atoms with E-state index in [2.05, 4.69) is 4.74 Å². The highest BCUT2D eigenvalue weighted by Gasteiger charge is 2.31. The van der Waals surface area contributed by atoms with Crippen LogP contribution < -0.4 is 4.74 Å². The molecule has 1 fully saturated rings. The summed E-state index contributed by atoms with van der Waals surface area (Å²) < 4.78 is 40.1. The van der Waals surface area contributed by atoms with Crippen LogP contribution in [0.5, 0.6) is 5.75 Å². The summed E-state index contributed by atoms with van der Waals surface area (Å²) in [5.74, 6) is 0.0855. The number of rotatable bonds is 2. The van der Waals surface area contributed by atoms with Crippen LogP contribution in [0.3, 0.4) is 0 Å². The van der Waals surface area contributed by atoms with E-state index in [9.17, 15) is 13.2 Å². The third kappa shape index (κ3) is 3.53. The van der Waals surface area contributed by atoms with Crippen LogP contribution in [-0.2, 0) is 0 Å². The highest BCUT2D eigenvalue weighted by Crippen LogP contribution is 2.38. The van der Waals surface area contributed by atoms with Gasteiger partial charge >= 0.3 is 6.36 Å². The summed E-state index contributed by atoms with van der Waals surface area (Å²) in [6.07, 6.45) is -1.99. The summed E-state index contributed by atoms with van der Waals surface area (Å²) in [6.45, 7) is 0. The molecular weight excluding hydrogens is 253 g/mol. The van der Waals surface area contributed by atoms with Gasteiger partial charge in [0.25, 0.3) is 0 Å². The molecule has 5 heteroatoms. The highest BCUT2D eigenvalue weighted by molar-refractivity contribution is 6.20. The fourth-order valence-electron chi connectivity index (χ4n) is 2.19. The Bertz CT molecular complexity index is 392. The molecule has 0 N–H and O–H groups in total. The van der Waals surface area contributed by atoms with Gasteiger partial charge in [-0.1, -0.05) is 12.1 Å². The SMILES string of the molecule is FC(F)(F)Oc1cccc(C2CCC(Cl)C2)c1. The fraction of sp³-hybridized carbons (Fsp3) is 0.500. The fourth-order valence-corrected chi connectivity index (χ4v) is 2.54. The average molecular weight is 265 g/mol. The molecule has 1 saturated carbocycles. The maximum atomic E-state index is 12.1. The van der Waals surface area contributed by atoms with Crippen LogP contribution in [0.25, 0.3) is 0 Å². The Balaban J connectivity index is 2.11. The van der Waals surface area contributed by atoms with Gasteiger partial charge in [0, 0.05) is 5.38 Å². The first-order valence-electron chi connectivity index (χ1n) is 5.44. The average Bonchev–Trinajstić information content (AvgIpc) is 2.63. The van der Waals surface area contributed by atoms with Crippen molar-refractivity contribution in [3.05, 3.63) is 29.8 Å². The molecule has 0 radical (unpaired) electrons. The smallest absolute Gasteiger partial charge is 0.406 e. The third-order valence-corrected chi connectivity index (χ3v) is 3.33. The number of alkyl halides is 4. The Kier molecular flexibility index (Phi) is 3.52. The van der Waals surface area contributed by atoms with E-state index in [0.717, 1.165) is 24.8 Å². The molecule has 0 bridgehead atoms. The zero-order valence-corrected chi connectivity index (χ0v) is 9.76. The number of halogens is 4. The number of benzene rings is 1. The van der Waals surface area contributed by atoms with Crippen molar-refractivity contribution < 1.29 is 17.9 Å². The van der Waals surface area contributed by atoms with Gasteiger partial charge in [0.1, 0.15) is 5.75 Å². The van der Waals surface area contributed by atoms with Gasteiger partial charge in [0.05, 0.1) is 0 Å². The Hall–Kier alpha value is -0.900. The summed E-state index contributed by atoms with van der Waals surface area (Å²) in [5.41, 5.74) is 0.870. The lowest BCUT2D eigenvalue weighted by Crippen LogP contribution is -2.17. The van der Waals surface area contributed by atoms with Gasteiger partial charge in [-0.25, -0.2) is 0 Å². The molecule has 0 heterocycles. The van der Waals surface area contributed by atoms with Crippen LogP contribution in [0.2, 0.25) is 0 Å². The Labute approximate surface area is 103 Å². The molecule has 1 aliphatic carbocycles. The second-order valence-corrected chi connectivity index (χ2v) is 4.84. The van der Waals surface area contributed by atoms with E-state index in [-0.39, 0.29) is 17.0 Å². The second kappa shape index (κ2) is 4.77. The van der Waals surface area contributed by atoms with E-state index in [1.165, 1.54) is 12.1 Å². The molecule has 2 atom stereocenters. The Morgan fingerprint density at radius 2 is 2.00 bits per heavy atom. The standard InChI is InChI=1S/C12H12ClF3O/c13-10-5-4-9(6-10)8-2-1-3-11(7-8)17-12(14,15)16/h1-3,7,9-10H,4-6H2. The second-order valence-electron chi connectivity index (χ2n) is 4.23. The Morgan fingerprint density at radius 1 is 1.24 bits per heavy atom. The number of ether oxygens (including phenoxy) is 1. The van der Waals surface area contributed by atoms with Crippen molar-refractivity contribution in [3.8, 4) is 5.75 Å². The van der Waals surface area contributed by atoms with Crippen molar-refractivity contribution in [1.82, 2.24) is 0 Å². The van der Waals surface area contributed by atoms with Gasteiger partial charge in [-0.3, -0.25) is 0 Å². The molecule has 94 valence electrons. The molecule has 0 amide bonds. The molecule has 0 saturated heterocycles. The summed E-state index contributed by atoms with van der Waals surface area (Å²) in [5, 5.41) is 0.132. The highest BCUT2D eigenvalue weighted by atomic mass is 35.5. The maximum Gasteiger partial charge on any atom is 0.573 e. The molecule has 1 nitrogen and oxygen atoms in total. The predicted molar refractivity (Wildman–Crippen MR) is 59.4 cm³/mol. The van der Waals surface area contributed by atoms with Gasteiger partial charge in [-0.05, 0) is 42.9 Å². The molecule has 0 spiro atoms. The van der Waals surface area contributed by atoms with Gasteiger partial charge in [-0.2, -0.15) is 0 Å². The summed E-state index contributed by atoms with van der Waals surface area (Å²) >= 11 is 5.99. The van der Waals surface area contributed by atoms with E-state index >= 15 is 0 Å². The molecule has 17 heavy (non-hydrogen) atoms. The van der Waals surface area contributed by atoms with Gasteiger partial charge in [-0.15, -0.1) is 24.8 Å². The lowest BCUT2D eigenvalue weighted by molar-refractivity contribution is -0.274. The monoisotopic (exact) mass is 264 g/mol. The van der Waals surface area contributed by atoms with Gasteiger partial charge in [0.15, 0.2) is 0 Å². The quantitative estimate of drug-likeness (QED) is 0.717. The maximum absolute atomic E-state index is 12.1. The molecular formula is C12H12ClF3O. The molecule has 1 aromatic carbocycles. The molecule has 1 aromatic rings. The van der Waals surface area contributed by atoms with Crippen molar-refractivity contribution >= 4 is 11.6 Å². The predicted octanol–water partition coefficient (Wildman–Crippen LogP) is 4.46. The first-order chi connectivity index (χ1) is 7.94. The minimum atomic E-state index is -4.64. The molecule has 0 aliphatic heterocycles. The first-order valence-corrected chi connectivity index (χ1v) is 5.87. The normalized spacial score (nSPS) is 24.9. The van der Waals surface area contributed by atoms with Crippen LogP contribution in [-0.4, -0.2) is 11.7 Å². The van der Waals surface area contributed by atoms with Crippen LogP contribution >= 0.6 is 11.6 Å².